The Bertz CT molecular complexity index is 1170. The molecule has 4 rings (SSSR count). The molecule has 160 valence electrons. The molecule has 4 aromatic rings. The highest BCUT2D eigenvalue weighted by atomic mass is 35.5. The first-order valence-corrected chi connectivity index (χ1v) is 10.2. The van der Waals surface area contributed by atoms with Crippen molar-refractivity contribution < 1.29 is 9.47 Å². The number of methoxy groups -OCH3 is 1. The number of nitrogens with zero attached hydrogens (tertiary/aromatic N) is 2. The molecule has 0 fully saturated rings. The summed E-state index contributed by atoms with van der Waals surface area (Å²) in [6.07, 6.45) is 5.00. The van der Waals surface area contributed by atoms with Gasteiger partial charge in [0.15, 0.2) is 0 Å². The molecule has 0 aliphatic rings. The van der Waals surface area contributed by atoms with Crippen molar-refractivity contribution in [1.82, 2.24) is 9.55 Å². The van der Waals surface area contributed by atoms with E-state index in [1.165, 1.54) is 5.56 Å². The zero-order valence-corrected chi connectivity index (χ0v) is 18.6. The van der Waals surface area contributed by atoms with Gasteiger partial charge in [-0.15, -0.1) is 12.4 Å². The third-order valence-corrected chi connectivity index (χ3v) is 5.02. The summed E-state index contributed by atoms with van der Waals surface area (Å²) in [5.74, 6) is 2.70. The summed E-state index contributed by atoms with van der Waals surface area (Å²) in [7, 11) is 1.69. The molecule has 0 bridgehead atoms. The summed E-state index contributed by atoms with van der Waals surface area (Å²) in [6.45, 7) is 3.56. The van der Waals surface area contributed by atoms with Gasteiger partial charge in [0.25, 0.3) is 0 Å². The maximum Gasteiger partial charge on any atom is 0.133 e. The molecule has 0 aliphatic carbocycles. The lowest BCUT2D eigenvalue weighted by Gasteiger charge is -2.10. The molecule has 5 heteroatoms. The molecular weight excluding hydrogens is 408 g/mol. The fourth-order valence-electron chi connectivity index (χ4n) is 3.54. The summed E-state index contributed by atoms with van der Waals surface area (Å²) in [6, 6.07) is 24.4. The van der Waals surface area contributed by atoms with Crippen molar-refractivity contribution in [3.05, 3.63) is 89.7 Å². The Kier molecular flexibility index (Phi) is 7.74. The molecule has 1 heterocycles. The largest absolute Gasteiger partial charge is 0.496 e. The van der Waals surface area contributed by atoms with E-state index >= 15 is 0 Å². The van der Waals surface area contributed by atoms with Crippen molar-refractivity contribution in [2.75, 3.05) is 13.7 Å². The van der Waals surface area contributed by atoms with E-state index in [-0.39, 0.29) is 12.4 Å². The van der Waals surface area contributed by atoms with Crippen LogP contribution < -0.4 is 9.47 Å². The molecule has 0 aliphatic heterocycles. The molecule has 1 aromatic heterocycles. The van der Waals surface area contributed by atoms with Crippen molar-refractivity contribution >= 4 is 35.6 Å². The topological polar surface area (TPSA) is 36.3 Å². The zero-order chi connectivity index (χ0) is 20.8. The Morgan fingerprint density at radius 3 is 2.58 bits per heavy atom. The molecule has 0 amide bonds. The number of para-hydroxylation sites is 3. The molecule has 0 atom stereocenters. The predicted molar refractivity (Wildman–Crippen MR) is 130 cm³/mol. The second-order valence-corrected chi connectivity index (χ2v) is 7.20. The summed E-state index contributed by atoms with van der Waals surface area (Å²) < 4.78 is 13.6. The van der Waals surface area contributed by atoms with E-state index in [0.29, 0.717) is 6.61 Å². The summed E-state index contributed by atoms with van der Waals surface area (Å²) in [5.41, 5.74) is 4.36. The molecule has 0 saturated heterocycles. The first-order chi connectivity index (χ1) is 14.7. The van der Waals surface area contributed by atoms with E-state index in [1.54, 1.807) is 7.11 Å². The van der Waals surface area contributed by atoms with Crippen molar-refractivity contribution in [2.45, 2.75) is 19.9 Å². The monoisotopic (exact) mass is 434 g/mol. The van der Waals surface area contributed by atoms with Gasteiger partial charge in [0.2, 0.25) is 0 Å². The van der Waals surface area contributed by atoms with Crippen LogP contribution in [0.4, 0.5) is 0 Å². The molecule has 0 N–H and O–H groups in total. The number of rotatable bonds is 8. The van der Waals surface area contributed by atoms with Gasteiger partial charge in [0.1, 0.15) is 17.3 Å². The number of hydrogen-bond donors (Lipinski definition) is 0. The standard InChI is InChI=1S/C26H26N2O2.ClH/c1-20-9-7-11-22(19-20)30-18-8-17-28-24-13-5-4-12-23(24)27-26(28)16-15-21-10-3-6-14-25(21)29-2;/h3-7,9-16,19H,8,17-18H2,1-2H3;1H. The van der Waals surface area contributed by atoms with Crippen molar-refractivity contribution in [3.8, 4) is 11.5 Å². The third-order valence-electron chi connectivity index (χ3n) is 5.02. The molecule has 4 nitrogen and oxygen atoms in total. The minimum Gasteiger partial charge on any atom is -0.496 e. The minimum absolute atomic E-state index is 0. The van der Waals surface area contributed by atoms with Crippen LogP contribution in [0.3, 0.4) is 0 Å². The maximum atomic E-state index is 5.93. The first-order valence-electron chi connectivity index (χ1n) is 10.2. The van der Waals surface area contributed by atoms with Crippen molar-refractivity contribution in [2.24, 2.45) is 0 Å². The van der Waals surface area contributed by atoms with E-state index in [4.69, 9.17) is 14.5 Å². The number of benzene rings is 3. The Labute approximate surface area is 189 Å². The lowest BCUT2D eigenvalue weighted by Crippen LogP contribution is -2.06. The fourth-order valence-corrected chi connectivity index (χ4v) is 3.54. The number of ether oxygens (including phenoxy) is 2. The Morgan fingerprint density at radius 1 is 0.935 bits per heavy atom. The zero-order valence-electron chi connectivity index (χ0n) is 17.8. The predicted octanol–water partition coefficient (Wildman–Crippen LogP) is 6.41. The number of imidazole rings is 1. The number of aromatic nitrogens is 2. The van der Waals surface area contributed by atoms with Crippen molar-refractivity contribution in [3.63, 3.8) is 0 Å². The SMILES string of the molecule is COc1ccccc1C=Cc1nc2ccccc2n1CCCOc1cccc(C)c1.Cl. The van der Waals surface area contributed by atoms with Crippen LogP contribution in [0.2, 0.25) is 0 Å². The minimum atomic E-state index is 0. The Hall–Kier alpha value is -3.24. The lowest BCUT2D eigenvalue weighted by atomic mass is 10.2. The van der Waals surface area contributed by atoms with Crippen LogP contribution in [-0.4, -0.2) is 23.3 Å². The summed E-state index contributed by atoms with van der Waals surface area (Å²) in [5, 5.41) is 0. The number of halogens is 1. The molecule has 3 aromatic carbocycles. The lowest BCUT2D eigenvalue weighted by molar-refractivity contribution is 0.302. The fraction of sp³-hybridized carbons (Fsp3) is 0.192. The average Bonchev–Trinajstić information content (AvgIpc) is 3.13. The van der Waals surface area contributed by atoms with Gasteiger partial charge in [-0.25, -0.2) is 4.98 Å². The molecule has 0 radical (unpaired) electrons. The molecule has 31 heavy (non-hydrogen) atoms. The van der Waals surface area contributed by atoms with Gasteiger partial charge >= 0.3 is 0 Å². The van der Waals surface area contributed by atoms with Crippen LogP contribution in [0.25, 0.3) is 23.2 Å². The second kappa shape index (κ2) is 10.7. The average molecular weight is 435 g/mol. The van der Waals surface area contributed by atoms with E-state index in [1.807, 2.05) is 42.5 Å². The molecular formula is C26H27ClN2O2. The summed E-state index contributed by atoms with van der Waals surface area (Å²) >= 11 is 0. The second-order valence-electron chi connectivity index (χ2n) is 7.20. The molecule has 0 saturated carbocycles. The van der Waals surface area contributed by atoms with Gasteiger partial charge in [-0.05, 0) is 61.4 Å². The van der Waals surface area contributed by atoms with Gasteiger partial charge in [-0.2, -0.15) is 0 Å². The summed E-state index contributed by atoms with van der Waals surface area (Å²) in [4.78, 5) is 4.83. The highest BCUT2D eigenvalue weighted by Gasteiger charge is 2.08. The Morgan fingerprint density at radius 2 is 1.74 bits per heavy atom. The van der Waals surface area contributed by atoms with Gasteiger partial charge in [-0.3, -0.25) is 0 Å². The van der Waals surface area contributed by atoms with E-state index in [0.717, 1.165) is 46.9 Å². The Balaban J connectivity index is 0.00000272. The van der Waals surface area contributed by atoms with Crippen molar-refractivity contribution in [1.29, 1.82) is 0 Å². The normalized spacial score (nSPS) is 10.9. The molecule has 0 spiro atoms. The quantitative estimate of drug-likeness (QED) is 0.300. The first kappa shape index (κ1) is 22.4. The number of hydrogen-bond acceptors (Lipinski definition) is 3. The highest BCUT2D eigenvalue weighted by Crippen LogP contribution is 2.22. The maximum absolute atomic E-state index is 5.93. The van der Waals surface area contributed by atoms with Gasteiger partial charge in [0.05, 0.1) is 24.8 Å². The van der Waals surface area contributed by atoms with Crippen LogP contribution >= 0.6 is 12.4 Å². The number of fused-ring (bicyclic) bond motifs is 1. The van der Waals surface area contributed by atoms with E-state index in [2.05, 4.69) is 54.0 Å². The van der Waals surface area contributed by atoms with Gasteiger partial charge in [0, 0.05) is 12.1 Å². The molecule has 0 unspecified atom stereocenters. The third kappa shape index (κ3) is 5.47. The van der Waals surface area contributed by atoms with Crippen LogP contribution in [0, 0.1) is 6.92 Å². The van der Waals surface area contributed by atoms with Crippen LogP contribution in [0.5, 0.6) is 11.5 Å². The van der Waals surface area contributed by atoms with E-state index < -0.39 is 0 Å². The van der Waals surface area contributed by atoms with Gasteiger partial charge < -0.3 is 14.0 Å². The van der Waals surface area contributed by atoms with Crippen LogP contribution in [0.15, 0.2) is 72.8 Å². The van der Waals surface area contributed by atoms with Crippen LogP contribution in [-0.2, 0) is 6.54 Å². The van der Waals surface area contributed by atoms with Crippen LogP contribution in [0.1, 0.15) is 23.4 Å². The van der Waals surface area contributed by atoms with Gasteiger partial charge in [-0.1, -0.05) is 42.5 Å². The number of aryl methyl sites for hydroxylation is 2. The smallest absolute Gasteiger partial charge is 0.133 e. The van der Waals surface area contributed by atoms with E-state index in [9.17, 15) is 0 Å². The highest BCUT2D eigenvalue weighted by molar-refractivity contribution is 5.85.